The van der Waals surface area contributed by atoms with Crippen LogP contribution in [0.1, 0.15) is 0 Å². The van der Waals surface area contributed by atoms with Gasteiger partial charge in [0.15, 0.2) is 0 Å². The van der Waals surface area contributed by atoms with Crippen molar-refractivity contribution < 1.29 is 0 Å². The molecule has 0 fully saturated rings. The molecule has 0 saturated carbocycles. The topological polar surface area (TPSA) is 0 Å². The zero-order valence-electron chi connectivity index (χ0n) is 6.76. The number of hydrogen-bond donors (Lipinski definition) is 0. The van der Waals surface area contributed by atoms with Crippen molar-refractivity contribution in [2.45, 2.75) is 0 Å². The fraction of sp³-hybridized carbons (Fsp3) is 0.250. The molecule has 0 nitrogen and oxygen atoms in total. The molecule has 0 N–H and O–H groups in total. The van der Waals surface area contributed by atoms with Crippen molar-refractivity contribution in [3.05, 3.63) is 24.3 Å². The number of benzene rings is 1. The van der Waals surface area contributed by atoms with E-state index >= 15 is 0 Å². The lowest BCUT2D eigenvalue weighted by Crippen LogP contribution is -2.22. The van der Waals surface area contributed by atoms with Crippen LogP contribution in [0.2, 0.25) is 0 Å². The van der Waals surface area contributed by atoms with Crippen LogP contribution in [-0.4, -0.2) is 23.6 Å². The van der Waals surface area contributed by atoms with E-state index in [2.05, 4.69) is 37.6 Å². The number of rotatable bonds is 1. The second kappa shape index (κ2) is 3.31. The molecule has 0 aliphatic heterocycles. The second-order valence-corrected chi connectivity index (χ2v) is 6.03. The molecular formula is C8H13PSi. The quantitative estimate of drug-likeness (QED) is 0.410. The minimum atomic E-state index is 0.118. The first-order valence-corrected chi connectivity index (χ1v) is 6.68. The summed E-state index contributed by atoms with van der Waals surface area (Å²) < 4.78 is 0. The normalized spacial score (nSPS) is 10.7. The third-order valence-electron chi connectivity index (χ3n) is 1.60. The van der Waals surface area contributed by atoms with Gasteiger partial charge in [-0.2, -0.15) is 0 Å². The summed E-state index contributed by atoms with van der Waals surface area (Å²) >= 11 is 0. The van der Waals surface area contributed by atoms with Gasteiger partial charge in [-0.3, -0.25) is 0 Å². The van der Waals surface area contributed by atoms with Gasteiger partial charge < -0.3 is 0 Å². The summed E-state index contributed by atoms with van der Waals surface area (Å²) in [7, 11) is 1.31. The first kappa shape index (κ1) is 7.97. The standard InChI is InChI=1S/C8H13PSi/c1-9(2)7-5-3-4-6-8(7)10/h3-6H,1-2,10H3. The maximum absolute atomic E-state index is 2.31. The van der Waals surface area contributed by atoms with E-state index < -0.39 is 0 Å². The fourth-order valence-corrected chi connectivity index (χ4v) is 3.93. The zero-order chi connectivity index (χ0) is 7.56. The van der Waals surface area contributed by atoms with Crippen LogP contribution in [0.5, 0.6) is 0 Å². The Labute approximate surface area is 66.8 Å². The van der Waals surface area contributed by atoms with Crippen molar-refractivity contribution in [1.29, 1.82) is 0 Å². The van der Waals surface area contributed by atoms with E-state index in [1.54, 1.807) is 10.5 Å². The minimum absolute atomic E-state index is 0.118. The molecule has 0 unspecified atom stereocenters. The molecule has 1 aromatic rings. The average Bonchev–Trinajstić information content (AvgIpc) is 1.88. The molecule has 0 aliphatic carbocycles. The zero-order valence-corrected chi connectivity index (χ0v) is 9.65. The first-order chi connectivity index (χ1) is 4.72. The van der Waals surface area contributed by atoms with Gasteiger partial charge in [0.2, 0.25) is 0 Å². The van der Waals surface area contributed by atoms with Crippen LogP contribution in [0.3, 0.4) is 0 Å². The third kappa shape index (κ3) is 1.68. The van der Waals surface area contributed by atoms with Crippen LogP contribution >= 0.6 is 7.92 Å². The summed E-state index contributed by atoms with van der Waals surface area (Å²) in [5.74, 6) is 0. The predicted molar refractivity (Wildman–Crippen MR) is 54.4 cm³/mol. The highest BCUT2D eigenvalue weighted by Crippen LogP contribution is 2.20. The van der Waals surface area contributed by atoms with E-state index in [0.29, 0.717) is 0 Å². The van der Waals surface area contributed by atoms with Crippen LogP contribution in [-0.2, 0) is 0 Å². The maximum atomic E-state index is 2.31. The van der Waals surface area contributed by atoms with Crippen molar-refractivity contribution in [3.8, 4) is 0 Å². The Hall–Kier alpha value is -0.133. The molecule has 0 bridgehead atoms. The molecule has 0 atom stereocenters. The summed E-state index contributed by atoms with van der Waals surface area (Å²) in [6.07, 6.45) is 0. The molecule has 0 radical (unpaired) electrons. The minimum Gasteiger partial charge on any atom is -0.0819 e. The summed E-state index contributed by atoms with van der Waals surface area (Å²) in [6.45, 7) is 4.62. The molecule has 10 heavy (non-hydrogen) atoms. The Morgan fingerprint density at radius 1 is 1.20 bits per heavy atom. The fourth-order valence-electron chi connectivity index (χ4n) is 1.07. The highest BCUT2D eigenvalue weighted by Gasteiger charge is 1.98. The summed E-state index contributed by atoms with van der Waals surface area (Å²) in [6, 6.07) is 8.77. The second-order valence-electron chi connectivity index (χ2n) is 2.68. The summed E-state index contributed by atoms with van der Waals surface area (Å²) in [5.41, 5.74) is 0. The van der Waals surface area contributed by atoms with Crippen molar-refractivity contribution in [2.75, 3.05) is 13.3 Å². The SMILES string of the molecule is CP(C)c1ccccc1[SiH3]. The lowest BCUT2D eigenvalue weighted by atomic mass is 10.4. The Kier molecular flexibility index (Phi) is 2.64. The van der Waals surface area contributed by atoms with Crippen LogP contribution in [0, 0.1) is 0 Å². The van der Waals surface area contributed by atoms with Gasteiger partial charge in [-0.1, -0.05) is 37.4 Å². The lowest BCUT2D eigenvalue weighted by Gasteiger charge is -2.08. The van der Waals surface area contributed by atoms with Crippen LogP contribution in [0.25, 0.3) is 0 Å². The van der Waals surface area contributed by atoms with Crippen molar-refractivity contribution in [1.82, 2.24) is 0 Å². The van der Waals surface area contributed by atoms with E-state index in [1.165, 1.54) is 10.2 Å². The molecule has 0 heterocycles. The molecule has 1 aromatic carbocycles. The summed E-state index contributed by atoms with van der Waals surface area (Å²) in [5, 5.41) is 3.16. The van der Waals surface area contributed by atoms with Gasteiger partial charge in [0.05, 0.1) is 0 Å². The third-order valence-corrected chi connectivity index (χ3v) is 4.36. The van der Waals surface area contributed by atoms with Gasteiger partial charge in [-0.25, -0.2) is 0 Å². The van der Waals surface area contributed by atoms with E-state index in [4.69, 9.17) is 0 Å². The molecule has 0 saturated heterocycles. The van der Waals surface area contributed by atoms with Crippen molar-refractivity contribution in [3.63, 3.8) is 0 Å². The highest BCUT2D eigenvalue weighted by atomic mass is 31.1. The van der Waals surface area contributed by atoms with Crippen LogP contribution < -0.4 is 10.5 Å². The molecule has 0 aliphatic rings. The molecule has 0 spiro atoms. The largest absolute Gasteiger partial charge is 0.0819 e. The smallest absolute Gasteiger partial charge is 0.0393 e. The van der Waals surface area contributed by atoms with Crippen molar-refractivity contribution in [2.24, 2.45) is 0 Å². The molecule has 1 rings (SSSR count). The monoisotopic (exact) mass is 168 g/mol. The van der Waals surface area contributed by atoms with Gasteiger partial charge in [-0.15, -0.1) is 0 Å². The van der Waals surface area contributed by atoms with E-state index in [9.17, 15) is 0 Å². The first-order valence-electron chi connectivity index (χ1n) is 3.45. The van der Waals surface area contributed by atoms with E-state index in [-0.39, 0.29) is 7.92 Å². The molecular weight excluding hydrogens is 155 g/mol. The van der Waals surface area contributed by atoms with Gasteiger partial charge in [-0.05, 0) is 18.6 Å². The van der Waals surface area contributed by atoms with Gasteiger partial charge in [0.25, 0.3) is 0 Å². The van der Waals surface area contributed by atoms with Gasteiger partial charge in [0, 0.05) is 10.2 Å². The van der Waals surface area contributed by atoms with Gasteiger partial charge in [0.1, 0.15) is 0 Å². The van der Waals surface area contributed by atoms with Crippen molar-refractivity contribution >= 4 is 28.7 Å². The van der Waals surface area contributed by atoms with Crippen LogP contribution in [0.4, 0.5) is 0 Å². The Morgan fingerprint density at radius 2 is 1.80 bits per heavy atom. The summed E-state index contributed by atoms with van der Waals surface area (Å²) in [4.78, 5) is 0. The average molecular weight is 168 g/mol. The Morgan fingerprint density at radius 3 is 2.20 bits per heavy atom. The lowest BCUT2D eigenvalue weighted by molar-refractivity contribution is 1.82. The maximum Gasteiger partial charge on any atom is 0.0393 e. The van der Waals surface area contributed by atoms with E-state index in [1.807, 2.05) is 0 Å². The van der Waals surface area contributed by atoms with Gasteiger partial charge >= 0.3 is 0 Å². The van der Waals surface area contributed by atoms with E-state index in [0.717, 1.165) is 0 Å². The molecule has 2 heteroatoms. The Bertz CT molecular complexity index is 220. The number of hydrogen-bond acceptors (Lipinski definition) is 0. The predicted octanol–water partition coefficient (Wildman–Crippen LogP) is 0.0441. The molecule has 0 aromatic heterocycles. The molecule has 0 amide bonds. The van der Waals surface area contributed by atoms with Crippen LogP contribution in [0.15, 0.2) is 24.3 Å². The molecule has 54 valence electrons. The Balaban J connectivity index is 3.03. The highest BCUT2D eigenvalue weighted by molar-refractivity contribution is 7.64.